The molecule has 3 aromatic carbocycles. The average molecular weight is 684 g/mol. The van der Waals surface area contributed by atoms with Crippen LogP contribution in [0, 0.1) is 26.6 Å². The van der Waals surface area contributed by atoms with Gasteiger partial charge in [-0.05, 0) is 72.9 Å². The number of carboxylic acids is 1. The van der Waals surface area contributed by atoms with Crippen LogP contribution in [0.15, 0.2) is 74.9 Å². The molecule has 0 unspecified atom stereocenters. The predicted octanol–water partition coefficient (Wildman–Crippen LogP) is 5.77. The van der Waals surface area contributed by atoms with Gasteiger partial charge in [0.15, 0.2) is 15.6 Å². The first-order valence-corrected chi connectivity index (χ1v) is 16.6. The van der Waals surface area contributed by atoms with E-state index in [0.29, 0.717) is 22.8 Å². The highest BCUT2D eigenvalue weighted by Crippen LogP contribution is 2.34. The third-order valence-corrected chi connectivity index (χ3v) is 10.8. The maximum absolute atomic E-state index is 14.9. The summed E-state index contributed by atoms with van der Waals surface area (Å²) in [4.78, 5) is 10.4. The molecule has 4 rings (SSSR count). The van der Waals surface area contributed by atoms with Gasteiger partial charge in [0.05, 0.1) is 22.9 Å². The average Bonchev–Trinajstić information content (AvgIpc) is 3.41. The van der Waals surface area contributed by atoms with Gasteiger partial charge in [0.2, 0.25) is 15.8 Å². The molecule has 1 aromatic heterocycles. The molecule has 246 valence electrons. The molecule has 0 aliphatic rings. The molecule has 0 spiro atoms. The van der Waals surface area contributed by atoms with Gasteiger partial charge in [-0.1, -0.05) is 42.0 Å². The van der Waals surface area contributed by atoms with Crippen molar-refractivity contribution >= 4 is 25.8 Å². The van der Waals surface area contributed by atoms with Gasteiger partial charge in [-0.2, -0.15) is 17.5 Å². The fourth-order valence-corrected chi connectivity index (χ4v) is 8.30. The third-order valence-electron chi connectivity index (χ3n) is 7.08. The first kappa shape index (κ1) is 34.8. The van der Waals surface area contributed by atoms with Crippen LogP contribution < -0.4 is 0 Å². The van der Waals surface area contributed by atoms with Crippen molar-refractivity contribution in [1.29, 1.82) is 0 Å². The number of aliphatic hydroxyl groups is 1. The Balaban J connectivity index is 1.74. The lowest BCUT2D eigenvalue weighted by Gasteiger charge is -2.24. The van der Waals surface area contributed by atoms with Crippen molar-refractivity contribution in [3.8, 4) is 11.1 Å². The van der Waals surface area contributed by atoms with Gasteiger partial charge in [-0.3, -0.25) is 4.79 Å². The molecule has 0 atom stereocenters. The molecule has 0 saturated heterocycles. The van der Waals surface area contributed by atoms with Crippen LogP contribution in [-0.4, -0.2) is 43.1 Å². The highest BCUT2D eigenvalue weighted by molar-refractivity contribution is 7.92. The first-order valence-electron chi connectivity index (χ1n) is 13.5. The smallest absolute Gasteiger partial charge is 0.449 e. The number of sulfonamides is 1. The minimum absolute atomic E-state index is 0.00753. The number of benzene rings is 3. The molecule has 0 aliphatic heterocycles. The monoisotopic (exact) mass is 683 g/mol. The van der Waals surface area contributed by atoms with Crippen LogP contribution in [0.3, 0.4) is 0 Å². The number of nitrogens with zero attached hydrogens (tertiary/aromatic N) is 1. The van der Waals surface area contributed by atoms with Gasteiger partial charge in [0.25, 0.3) is 0 Å². The van der Waals surface area contributed by atoms with Crippen molar-refractivity contribution in [3.05, 3.63) is 106 Å². The molecule has 0 bridgehead atoms. The standard InChI is InChI=1S/C31H29F4NO8S2/c1-18-10-19(2)30(20(3)11-18)46(42,43)36(15-24-8-9-28(44-24)31(33,34)35)14-21-4-6-22(7-5-21)23-12-26(32)25(16-37)27(13-23)45(40,41)17-29(38)39/h4-13,37H,14-17H2,1-3H3,(H,38,39). The highest BCUT2D eigenvalue weighted by Gasteiger charge is 2.36. The van der Waals surface area contributed by atoms with Crippen LogP contribution >= 0.6 is 0 Å². The van der Waals surface area contributed by atoms with E-state index >= 15 is 0 Å². The van der Waals surface area contributed by atoms with Gasteiger partial charge >= 0.3 is 12.1 Å². The molecule has 0 saturated carbocycles. The summed E-state index contributed by atoms with van der Waals surface area (Å²) in [6.45, 7) is 3.18. The zero-order chi connectivity index (χ0) is 34.2. The molecular formula is C31H29F4NO8S2. The molecule has 0 amide bonds. The van der Waals surface area contributed by atoms with E-state index in [0.717, 1.165) is 28.1 Å². The quantitative estimate of drug-likeness (QED) is 0.190. The molecular weight excluding hydrogens is 654 g/mol. The van der Waals surface area contributed by atoms with Crippen molar-refractivity contribution in [2.24, 2.45) is 0 Å². The van der Waals surface area contributed by atoms with E-state index in [1.807, 2.05) is 0 Å². The summed E-state index contributed by atoms with van der Waals surface area (Å²) in [5.74, 6) is -5.60. The van der Waals surface area contributed by atoms with Crippen molar-refractivity contribution in [1.82, 2.24) is 4.31 Å². The maximum Gasteiger partial charge on any atom is 0.449 e. The molecule has 4 aromatic rings. The molecule has 0 aliphatic carbocycles. The molecule has 1 heterocycles. The Labute approximate surface area is 262 Å². The second-order valence-corrected chi connectivity index (χ2v) is 14.5. The summed E-state index contributed by atoms with van der Waals surface area (Å²) in [7, 11) is -8.83. The van der Waals surface area contributed by atoms with Crippen molar-refractivity contribution in [2.45, 2.75) is 56.4 Å². The number of rotatable bonds is 11. The number of aryl methyl sites for hydroxylation is 3. The maximum atomic E-state index is 14.9. The summed E-state index contributed by atoms with van der Waals surface area (Å²) in [6, 6.07) is 12.9. The van der Waals surface area contributed by atoms with Crippen molar-refractivity contribution in [3.63, 3.8) is 0 Å². The number of hydrogen-bond acceptors (Lipinski definition) is 7. The minimum Gasteiger partial charge on any atom is -0.480 e. The van der Waals surface area contributed by atoms with Crippen molar-refractivity contribution in [2.75, 3.05) is 5.75 Å². The summed E-state index contributed by atoms with van der Waals surface area (Å²) in [5.41, 5.74) is 1.81. The number of aliphatic carboxylic acids is 1. The normalized spacial score (nSPS) is 12.5. The lowest BCUT2D eigenvalue weighted by Crippen LogP contribution is -2.31. The topological polar surface area (TPSA) is 142 Å². The Hall–Kier alpha value is -4.05. The SMILES string of the molecule is Cc1cc(C)c(S(=O)(=O)N(Cc2ccc(-c3cc(F)c(CO)c(S(=O)(=O)CC(=O)O)c3)cc2)Cc2ccc(C(F)(F)F)o2)c(C)c1. The lowest BCUT2D eigenvalue weighted by molar-refractivity contribution is -0.153. The molecule has 15 heteroatoms. The van der Waals surface area contributed by atoms with E-state index in [2.05, 4.69) is 0 Å². The van der Waals surface area contributed by atoms with E-state index in [9.17, 15) is 44.3 Å². The molecule has 46 heavy (non-hydrogen) atoms. The fourth-order valence-electron chi connectivity index (χ4n) is 5.17. The number of hydrogen-bond donors (Lipinski definition) is 2. The van der Waals surface area contributed by atoms with E-state index in [-0.39, 0.29) is 28.3 Å². The minimum atomic E-state index is -4.77. The number of furan rings is 1. The number of alkyl halides is 3. The first-order chi connectivity index (χ1) is 21.3. The van der Waals surface area contributed by atoms with Crippen molar-refractivity contribution < 1.29 is 53.8 Å². The van der Waals surface area contributed by atoms with Crippen LogP contribution in [-0.2, 0) is 50.5 Å². The van der Waals surface area contributed by atoms with E-state index in [1.54, 1.807) is 32.9 Å². The summed E-state index contributed by atoms with van der Waals surface area (Å²) in [6.07, 6.45) is -4.77. The highest BCUT2D eigenvalue weighted by atomic mass is 32.2. The van der Waals surface area contributed by atoms with Gasteiger partial charge in [0.1, 0.15) is 11.6 Å². The second-order valence-electron chi connectivity index (χ2n) is 10.7. The van der Waals surface area contributed by atoms with E-state index in [4.69, 9.17) is 9.52 Å². The lowest BCUT2D eigenvalue weighted by atomic mass is 10.0. The number of sulfone groups is 1. The van der Waals surface area contributed by atoms with E-state index < -0.39 is 72.9 Å². The third kappa shape index (κ3) is 7.49. The molecule has 9 nitrogen and oxygen atoms in total. The fraction of sp³-hybridized carbons (Fsp3) is 0.258. The molecule has 0 radical (unpaired) electrons. The number of carbonyl (C=O) groups is 1. The van der Waals surface area contributed by atoms with Gasteiger partial charge in [-0.15, -0.1) is 0 Å². The second kappa shape index (κ2) is 13.0. The van der Waals surface area contributed by atoms with Crippen LogP contribution in [0.2, 0.25) is 0 Å². The summed E-state index contributed by atoms with van der Waals surface area (Å²) >= 11 is 0. The largest absolute Gasteiger partial charge is 0.480 e. The Kier molecular flexibility index (Phi) is 9.83. The van der Waals surface area contributed by atoms with Gasteiger partial charge in [0, 0.05) is 12.1 Å². The Morgan fingerprint density at radius 2 is 1.48 bits per heavy atom. The number of aliphatic hydroxyl groups excluding tert-OH is 1. The predicted molar refractivity (Wildman–Crippen MR) is 158 cm³/mol. The van der Waals surface area contributed by atoms with E-state index in [1.165, 1.54) is 24.3 Å². The molecule has 0 fully saturated rings. The Morgan fingerprint density at radius 1 is 0.870 bits per heavy atom. The van der Waals surface area contributed by atoms with Crippen LogP contribution in [0.5, 0.6) is 0 Å². The zero-order valence-corrected chi connectivity index (χ0v) is 26.4. The Bertz CT molecular complexity index is 1980. The van der Waals surface area contributed by atoms with Crippen LogP contribution in [0.1, 0.15) is 39.3 Å². The number of carboxylic acid groups (broad SMARTS) is 1. The number of halogens is 4. The zero-order valence-electron chi connectivity index (χ0n) is 24.7. The van der Waals surface area contributed by atoms with Gasteiger partial charge in [-0.25, -0.2) is 21.2 Å². The van der Waals surface area contributed by atoms with Gasteiger partial charge < -0.3 is 14.6 Å². The van der Waals surface area contributed by atoms with Crippen LogP contribution in [0.4, 0.5) is 17.6 Å². The Morgan fingerprint density at radius 3 is 2.00 bits per heavy atom. The summed E-state index contributed by atoms with van der Waals surface area (Å²) in [5, 5.41) is 18.5. The summed E-state index contributed by atoms with van der Waals surface area (Å²) < 4.78 is 114. The molecule has 2 N–H and O–H groups in total. The van der Waals surface area contributed by atoms with Crippen LogP contribution in [0.25, 0.3) is 11.1 Å².